The lowest BCUT2D eigenvalue weighted by Gasteiger charge is -2.39. The van der Waals surface area contributed by atoms with E-state index >= 15 is 0 Å². The smallest absolute Gasteiger partial charge is 0.140 e. The van der Waals surface area contributed by atoms with Crippen molar-refractivity contribution in [3.63, 3.8) is 0 Å². The second-order valence-electron chi connectivity index (χ2n) is 3.08. The van der Waals surface area contributed by atoms with Crippen LogP contribution in [0.1, 0.15) is 26.7 Å². The zero-order valence-electron chi connectivity index (χ0n) is 6.64. The summed E-state index contributed by atoms with van der Waals surface area (Å²) in [5.74, 6) is 0.292. The van der Waals surface area contributed by atoms with E-state index in [4.69, 9.17) is 4.74 Å². The van der Waals surface area contributed by atoms with Crippen LogP contribution in [0.4, 0.5) is 0 Å². The second kappa shape index (κ2) is 2.70. The first-order valence-corrected chi connectivity index (χ1v) is 3.80. The summed E-state index contributed by atoms with van der Waals surface area (Å²) in [5.41, 5.74) is -0.0885. The van der Waals surface area contributed by atoms with Crippen molar-refractivity contribution in [3.8, 4) is 0 Å². The van der Waals surface area contributed by atoms with Crippen LogP contribution in [-0.2, 0) is 9.53 Å². The molecule has 0 aliphatic carbocycles. The third kappa shape index (κ3) is 1.08. The monoisotopic (exact) mass is 142 g/mol. The quantitative estimate of drug-likeness (QED) is 0.595. The molecule has 0 spiro atoms. The molecule has 0 unspecified atom stereocenters. The maximum absolute atomic E-state index is 11.1. The average Bonchev–Trinajstić information content (AvgIpc) is 1.77. The van der Waals surface area contributed by atoms with Gasteiger partial charge in [-0.25, -0.2) is 0 Å². The van der Waals surface area contributed by atoms with E-state index in [-0.39, 0.29) is 5.41 Å². The highest BCUT2D eigenvalue weighted by molar-refractivity contribution is 5.83. The topological polar surface area (TPSA) is 26.3 Å². The molecule has 1 heterocycles. The normalized spacial score (nSPS) is 21.8. The molecule has 0 amide bonds. The predicted octanol–water partition coefficient (Wildman–Crippen LogP) is 1.39. The zero-order valence-corrected chi connectivity index (χ0v) is 6.64. The van der Waals surface area contributed by atoms with Gasteiger partial charge in [-0.2, -0.15) is 0 Å². The van der Waals surface area contributed by atoms with Crippen molar-refractivity contribution in [2.45, 2.75) is 26.7 Å². The van der Waals surface area contributed by atoms with Crippen LogP contribution >= 0.6 is 0 Å². The summed E-state index contributed by atoms with van der Waals surface area (Å²) < 4.78 is 5.03. The molecule has 1 rings (SSSR count). The molecule has 0 atom stereocenters. The molecule has 58 valence electrons. The van der Waals surface area contributed by atoms with Crippen LogP contribution in [-0.4, -0.2) is 19.0 Å². The fraction of sp³-hybridized carbons (Fsp3) is 0.875. The third-order valence-corrected chi connectivity index (χ3v) is 2.23. The summed E-state index contributed by atoms with van der Waals surface area (Å²) >= 11 is 0. The van der Waals surface area contributed by atoms with Gasteiger partial charge in [-0.05, 0) is 13.3 Å². The van der Waals surface area contributed by atoms with Crippen molar-refractivity contribution in [1.82, 2.24) is 0 Å². The van der Waals surface area contributed by atoms with Gasteiger partial charge in [0.05, 0.1) is 18.6 Å². The van der Waals surface area contributed by atoms with Gasteiger partial charge < -0.3 is 4.74 Å². The minimum atomic E-state index is -0.0885. The molecule has 0 saturated carbocycles. The van der Waals surface area contributed by atoms with Gasteiger partial charge in [0.15, 0.2) is 0 Å². The Morgan fingerprint density at radius 2 is 2.20 bits per heavy atom. The lowest BCUT2D eigenvalue weighted by atomic mass is 9.78. The zero-order chi connectivity index (χ0) is 7.61. The van der Waals surface area contributed by atoms with E-state index in [1.165, 1.54) is 0 Å². The van der Waals surface area contributed by atoms with Gasteiger partial charge in [-0.1, -0.05) is 13.3 Å². The van der Waals surface area contributed by atoms with Crippen molar-refractivity contribution in [1.29, 1.82) is 0 Å². The highest BCUT2D eigenvalue weighted by atomic mass is 16.5. The number of carbonyl (C=O) groups excluding carboxylic acids is 1. The molecule has 0 aromatic rings. The standard InChI is InChI=1S/C8H14O2/c1-3-4-8(7(2)9)5-10-6-8/h3-6H2,1-2H3. The van der Waals surface area contributed by atoms with Crippen molar-refractivity contribution in [3.05, 3.63) is 0 Å². The van der Waals surface area contributed by atoms with Crippen LogP contribution in [0.3, 0.4) is 0 Å². The van der Waals surface area contributed by atoms with E-state index in [0.717, 1.165) is 12.8 Å². The number of ketones is 1. The van der Waals surface area contributed by atoms with Gasteiger partial charge in [-0.15, -0.1) is 0 Å². The Balaban J connectivity index is 2.50. The molecule has 1 aliphatic rings. The van der Waals surface area contributed by atoms with E-state index in [1.807, 2.05) is 0 Å². The van der Waals surface area contributed by atoms with Crippen molar-refractivity contribution in [2.75, 3.05) is 13.2 Å². The van der Waals surface area contributed by atoms with Crippen LogP contribution in [0.2, 0.25) is 0 Å². The van der Waals surface area contributed by atoms with Gasteiger partial charge in [-0.3, -0.25) is 4.79 Å². The Kier molecular flexibility index (Phi) is 2.09. The van der Waals surface area contributed by atoms with E-state index in [0.29, 0.717) is 19.0 Å². The van der Waals surface area contributed by atoms with Gasteiger partial charge in [0.1, 0.15) is 5.78 Å². The molecule has 0 aromatic heterocycles. The minimum absolute atomic E-state index is 0.0885. The third-order valence-electron chi connectivity index (χ3n) is 2.23. The Morgan fingerprint density at radius 3 is 2.30 bits per heavy atom. The fourth-order valence-corrected chi connectivity index (χ4v) is 1.35. The average molecular weight is 142 g/mol. The molecular formula is C8H14O2. The van der Waals surface area contributed by atoms with Gasteiger partial charge in [0.2, 0.25) is 0 Å². The number of hydrogen-bond donors (Lipinski definition) is 0. The van der Waals surface area contributed by atoms with Crippen LogP contribution in [0, 0.1) is 5.41 Å². The molecule has 1 fully saturated rings. The van der Waals surface area contributed by atoms with Crippen molar-refractivity contribution < 1.29 is 9.53 Å². The first-order valence-electron chi connectivity index (χ1n) is 3.80. The van der Waals surface area contributed by atoms with Crippen LogP contribution < -0.4 is 0 Å². The van der Waals surface area contributed by atoms with Crippen LogP contribution in [0.25, 0.3) is 0 Å². The van der Waals surface area contributed by atoms with E-state index in [2.05, 4.69) is 6.92 Å². The number of carbonyl (C=O) groups is 1. The van der Waals surface area contributed by atoms with E-state index in [1.54, 1.807) is 6.92 Å². The molecule has 2 heteroatoms. The van der Waals surface area contributed by atoms with Crippen LogP contribution in [0.5, 0.6) is 0 Å². The maximum atomic E-state index is 11.1. The molecule has 2 nitrogen and oxygen atoms in total. The number of rotatable bonds is 3. The molecular weight excluding hydrogens is 128 g/mol. The summed E-state index contributed by atoms with van der Waals surface area (Å²) in [4.78, 5) is 11.1. The Morgan fingerprint density at radius 1 is 1.60 bits per heavy atom. The van der Waals surface area contributed by atoms with Gasteiger partial charge in [0, 0.05) is 0 Å². The summed E-state index contributed by atoms with van der Waals surface area (Å²) in [6.07, 6.45) is 2.06. The molecule has 0 aromatic carbocycles. The number of Topliss-reactive ketones (excluding diaryl/α,β-unsaturated/α-hetero) is 1. The number of ether oxygens (including phenoxy) is 1. The summed E-state index contributed by atoms with van der Waals surface area (Å²) in [5, 5.41) is 0. The fourth-order valence-electron chi connectivity index (χ4n) is 1.35. The highest BCUT2D eigenvalue weighted by Crippen LogP contribution is 2.33. The van der Waals surface area contributed by atoms with Crippen molar-refractivity contribution in [2.24, 2.45) is 5.41 Å². The summed E-state index contributed by atoms with van der Waals surface area (Å²) in [6, 6.07) is 0. The highest BCUT2D eigenvalue weighted by Gasteiger charge is 2.41. The number of hydrogen-bond acceptors (Lipinski definition) is 2. The molecule has 0 radical (unpaired) electrons. The van der Waals surface area contributed by atoms with Crippen molar-refractivity contribution >= 4 is 5.78 Å². The SMILES string of the molecule is CCCC1(C(C)=O)COC1. The van der Waals surface area contributed by atoms with E-state index in [9.17, 15) is 4.79 Å². The summed E-state index contributed by atoms with van der Waals surface area (Å²) in [7, 11) is 0. The lowest BCUT2D eigenvalue weighted by molar-refractivity contribution is -0.158. The maximum Gasteiger partial charge on any atom is 0.140 e. The molecule has 0 N–H and O–H groups in total. The van der Waals surface area contributed by atoms with Gasteiger partial charge in [0.25, 0.3) is 0 Å². The van der Waals surface area contributed by atoms with E-state index < -0.39 is 0 Å². The first-order chi connectivity index (χ1) is 4.71. The lowest BCUT2D eigenvalue weighted by Crippen LogP contribution is -2.47. The Labute approximate surface area is 61.6 Å². The largest absolute Gasteiger partial charge is 0.379 e. The summed E-state index contributed by atoms with van der Waals surface area (Å²) in [6.45, 7) is 5.06. The predicted molar refractivity (Wildman–Crippen MR) is 38.8 cm³/mol. The first kappa shape index (κ1) is 7.73. The molecule has 0 bridgehead atoms. The van der Waals surface area contributed by atoms with Crippen LogP contribution in [0.15, 0.2) is 0 Å². The molecule has 10 heavy (non-hydrogen) atoms. The van der Waals surface area contributed by atoms with Gasteiger partial charge >= 0.3 is 0 Å². The molecule has 1 aliphatic heterocycles. The Bertz CT molecular complexity index is 136. The minimum Gasteiger partial charge on any atom is -0.379 e. The molecule has 1 saturated heterocycles. The second-order valence-corrected chi connectivity index (χ2v) is 3.08. The Hall–Kier alpha value is -0.370.